The van der Waals surface area contributed by atoms with E-state index in [9.17, 15) is 4.39 Å². The van der Waals surface area contributed by atoms with Gasteiger partial charge in [0.2, 0.25) is 0 Å². The van der Waals surface area contributed by atoms with E-state index >= 15 is 0 Å². The highest BCUT2D eigenvalue weighted by molar-refractivity contribution is 5.78. The Morgan fingerprint density at radius 2 is 2.00 bits per heavy atom. The van der Waals surface area contributed by atoms with Crippen LogP contribution in [0.2, 0.25) is 0 Å². The van der Waals surface area contributed by atoms with Crippen LogP contribution in [0.4, 0.5) is 10.1 Å². The van der Waals surface area contributed by atoms with Gasteiger partial charge in [-0.25, -0.2) is 4.39 Å². The molecule has 0 aliphatic heterocycles. The van der Waals surface area contributed by atoms with Crippen LogP contribution >= 0.6 is 0 Å². The maximum absolute atomic E-state index is 12.6. The molecule has 0 spiro atoms. The van der Waals surface area contributed by atoms with Gasteiger partial charge in [-0.3, -0.25) is 5.43 Å². The van der Waals surface area contributed by atoms with Crippen LogP contribution in [-0.2, 0) is 7.05 Å². The molecule has 3 nitrogen and oxygen atoms in total. The predicted octanol–water partition coefficient (Wildman–Crippen LogP) is 2.61. The number of hydrogen-bond donors (Lipinski definition) is 1. The zero-order valence-electron chi connectivity index (χ0n) is 8.89. The van der Waals surface area contributed by atoms with Crippen molar-refractivity contribution in [3.8, 4) is 0 Å². The number of hydrazone groups is 1. The van der Waals surface area contributed by atoms with Gasteiger partial charge in [-0.05, 0) is 36.4 Å². The molecule has 0 atom stereocenters. The van der Waals surface area contributed by atoms with E-state index in [2.05, 4.69) is 10.5 Å². The lowest BCUT2D eigenvalue weighted by atomic mass is 10.3. The minimum Gasteiger partial charge on any atom is -0.350 e. The number of hydrogen-bond acceptors (Lipinski definition) is 2. The minimum absolute atomic E-state index is 0.253. The summed E-state index contributed by atoms with van der Waals surface area (Å²) in [6, 6.07) is 9.95. The minimum atomic E-state index is -0.253. The molecule has 4 heteroatoms. The van der Waals surface area contributed by atoms with Gasteiger partial charge in [0.25, 0.3) is 0 Å². The molecule has 0 bridgehead atoms. The molecule has 1 heterocycles. The summed E-state index contributed by atoms with van der Waals surface area (Å²) in [5, 5.41) is 4.06. The smallest absolute Gasteiger partial charge is 0.123 e. The molecule has 1 N–H and O–H groups in total. The lowest BCUT2D eigenvalue weighted by molar-refractivity contribution is 0.628. The van der Waals surface area contributed by atoms with Gasteiger partial charge in [-0.2, -0.15) is 5.10 Å². The van der Waals surface area contributed by atoms with Gasteiger partial charge in [-0.15, -0.1) is 0 Å². The third-order valence-electron chi connectivity index (χ3n) is 2.22. The maximum Gasteiger partial charge on any atom is 0.123 e. The molecule has 2 aromatic rings. The first kappa shape index (κ1) is 10.4. The molecule has 0 fully saturated rings. The molecule has 2 rings (SSSR count). The fourth-order valence-electron chi connectivity index (χ4n) is 1.31. The fraction of sp³-hybridized carbons (Fsp3) is 0.0833. The molecule has 0 unspecified atom stereocenters. The van der Waals surface area contributed by atoms with E-state index in [0.717, 1.165) is 11.4 Å². The highest BCUT2D eigenvalue weighted by Gasteiger charge is 1.92. The summed E-state index contributed by atoms with van der Waals surface area (Å²) in [6.45, 7) is 0. The Morgan fingerprint density at radius 3 is 2.62 bits per heavy atom. The van der Waals surface area contributed by atoms with E-state index in [-0.39, 0.29) is 5.82 Å². The molecular weight excluding hydrogens is 205 g/mol. The average molecular weight is 217 g/mol. The lowest BCUT2D eigenvalue weighted by Gasteiger charge is -1.99. The lowest BCUT2D eigenvalue weighted by Crippen LogP contribution is -1.95. The van der Waals surface area contributed by atoms with Crippen molar-refractivity contribution in [3.63, 3.8) is 0 Å². The van der Waals surface area contributed by atoms with Crippen molar-refractivity contribution in [2.24, 2.45) is 12.1 Å². The van der Waals surface area contributed by atoms with E-state index in [4.69, 9.17) is 0 Å². The normalized spacial score (nSPS) is 10.9. The number of anilines is 1. The molecule has 0 aliphatic carbocycles. The quantitative estimate of drug-likeness (QED) is 0.621. The Kier molecular flexibility index (Phi) is 3.00. The number of rotatable bonds is 3. The van der Waals surface area contributed by atoms with Crippen molar-refractivity contribution in [1.82, 2.24) is 4.57 Å². The predicted molar refractivity (Wildman–Crippen MR) is 63.0 cm³/mol. The summed E-state index contributed by atoms with van der Waals surface area (Å²) in [5.41, 5.74) is 4.58. The number of benzene rings is 1. The summed E-state index contributed by atoms with van der Waals surface area (Å²) in [7, 11) is 1.94. The van der Waals surface area contributed by atoms with Crippen LogP contribution in [-0.4, -0.2) is 10.8 Å². The first-order valence-electron chi connectivity index (χ1n) is 4.92. The third-order valence-corrected chi connectivity index (χ3v) is 2.22. The van der Waals surface area contributed by atoms with Gasteiger partial charge in [0.15, 0.2) is 0 Å². The van der Waals surface area contributed by atoms with E-state index < -0.39 is 0 Å². The van der Waals surface area contributed by atoms with Crippen LogP contribution in [0.5, 0.6) is 0 Å². The number of nitrogens with zero attached hydrogens (tertiary/aromatic N) is 2. The van der Waals surface area contributed by atoms with E-state index in [1.54, 1.807) is 18.3 Å². The molecule has 1 aromatic carbocycles. The highest BCUT2D eigenvalue weighted by Crippen LogP contribution is 2.07. The van der Waals surface area contributed by atoms with Gasteiger partial charge in [0.05, 0.1) is 17.6 Å². The largest absolute Gasteiger partial charge is 0.350 e. The maximum atomic E-state index is 12.6. The Bertz CT molecular complexity index is 485. The summed E-state index contributed by atoms with van der Waals surface area (Å²) in [5.74, 6) is -0.253. The van der Waals surface area contributed by atoms with Crippen LogP contribution in [0.25, 0.3) is 0 Å². The molecule has 0 aliphatic rings. The monoisotopic (exact) mass is 217 g/mol. The fourth-order valence-corrected chi connectivity index (χ4v) is 1.31. The summed E-state index contributed by atoms with van der Waals surface area (Å²) >= 11 is 0. The van der Waals surface area contributed by atoms with Crippen LogP contribution in [0, 0.1) is 5.82 Å². The molecular formula is C12H12FN3. The first-order chi connectivity index (χ1) is 7.75. The average Bonchev–Trinajstić information content (AvgIpc) is 2.68. The molecule has 82 valence electrons. The Balaban J connectivity index is 2.00. The topological polar surface area (TPSA) is 29.3 Å². The van der Waals surface area contributed by atoms with Gasteiger partial charge in [0, 0.05) is 13.2 Å². The molecule has 0 saturated carbocycles. The SMILES string of the molecule is Cn1cccc1/C=N/Nc1ccc(F)cc1. The van der Waals surface area contributed by atoms with Crippen LogP contribution < -0.4 is 5.43 Å². The van der Waals surface area contributed by atoms with E-state index in [0.29, 0.717) is 0 Å². The van der Waals surface area contributed by atoms with Crippen LogP contribution in [0.1, 0.15) is 5.69 Å². The van der Waals surface area contributed by atoms with Gasteiger partial charge in [-0.1, -0.05) is 0 Å². The highest BCUT2D eigenvalue weighted by atomic mass is 19.1. The van der Waals surface area contributed by atoms with Crippen molar-refractivity contribution < 1.29 is 4.39 Å². The zero-order valence-corrected chi connectivity index (χ0v) is 8.89. The molecule has 16 heavy (non-hydrogen) atoms. The Morgan fingerprint density at radius 1 is 1.25 bits per heavy atom. The summed E-state index contributed by atoms with van der Waals surface area (Å²) in [6.07, 6.45) is 3.66. The summed E-state index contributed by atoms with van der Waals surface area (Å²) in [4.78, 5) is 0. The first-order valence-corrected chi connectivity index (χ1v) is 4.92. The van der Waals surface area contributed by atoms with E-state index in [1.165, 1.54) is 12.1 Å². The number of aryl methyl sites for hydroxylation is 1. The molecule has 1 aromatic heterocycles. The van der Waals surface area contributed by atoms with Crippen molar-refractivity contribution in [2.75, 3.05) is 5.43 Å². The number of nitrogens with one attached hydrogen (secondary N) is 1. The van der Waals surface area contributed by atoms with Crippen LogP contribution in [0.15, 0.2) is 47.7 Å². The van der Waals surface area contributed by atoms with Crippen LogP contribution in [0.3, 0.4) is 0 Å². The number of aromatic nitrogens is 1. The molecule has 0 saturated heterocycles. The van der Waals surface area contributed by atoms with Crippen molar-refractivity contribution >= 4 is 11.9 Å². The van der Waals surface area contributed by atoms with E-state index in [1.807, 2.05) is 29.9 Å². The summed E-state index contributed by atoms with van der Waals surface area (Å²) < 4.78 is 14.6. The van der Waals surface area contributed by atoms with Crippen molar-refractivity contribution in [3.05, 3.63) is 54.1 Å². The standard InChI is InChI=1S/C12H12FN3/c1-16-8-2-3-12(16)9-14-15-11-6-4-10(13)5-7-11/h2-9,15H,1H3/b14-9+. The Labute approximate surface area is 93.2 Å². The van der Waals surface area contributed by atoms with Gasteiger partial charge < -0.3 is 4.57 Å². The molecule has 0 amide bonds. The zero-order chi connectivity index (χ0) is 11.4. The second-order valence-electron chi connectivity index (χ2n) is 3.42. The van der Waals surface area contributed by atoms with Gasteiger partial charge >= 0.3 is 0 Å². The third kappa shape index (κ3) is 2.48. The van der Waals surface area contributed by atoms with Crippen molar-refractivity contribution in [1.29, 1.82) is 0 Å². The second kappa shape index (κ2) is 4.61. The van der Waals surface area contributed by atoms with Gasteiger partial charge in [0.1, 0.15) is 5.82 Å². The molecule has 0 radical (unpaired) electrons. The number of halogens is 1. The Hall–Kier alpha value is -2.10. The second-order valence-corrected chi connectivity index (χ2v) is 3.42. The van der Waals surface area contributed by atoms with Crippen molar-refractivity contribution in [2.45, 2.75) is 0 Å².